The van der Waals surface area contributed by atoms with E-state index in [-0.39, 0.29) is 17.9 Å². The van der Waals surface area contributed by atoms with Gasteiger partial charge in [-0.1, -0.05) is 59.8 Å². The van der Waals surface area contributed by atoms with E-state index in [4.69, 9.17) is 4.52 Å². The van der Waals surface area contributed by atoms with E-state index in [2.05, 4.69) is 34.7 Å². The van der Waals surface area contributed by atoms with Crippen molar-refractivity contribution in [2.75, 3.05) is 13.1 Å². The van der Waals surface area contributed by atoms with Crippen molar-refractivity contribution >= 4 is 11.8 Å². The molecule has 0 unspecified atom stereocenters. The second kappa shape index (κ2) is 9.22. The van der Waals surface area contributed by atoms with Crippen LogP contribution in [0.1, 0.15) is 47.6 Å². The lowest BCUT2D eigenvalue weighted by Crippen LogP contribution is -2.47. The summed E-state index contributed by atoms with van der Waals surface area (Å²) in [6.45, 7) is 8.32. The van der Waals surface area contributed by atoms with Crippen molar-refractivity contribution in [3.8, 4) is 11.1 Å². The van der Waals surface area contributed by atoms with Gasteiger partial charge in [-0.15, -0.1) is 0 Å². The quantitative estimate of drug-likeness (QED) is 0.604. The molecular formula is C27H31N3O3. The number of carbonyl (C=O) groups excluding carboxylic acids is 2. The van der Waals surface area contributed by atoms with Crippen LogP contribution in [0.3, 0.4) is 0 Å². The van der Waals surface area contributed by atoms with Crippen molar-refractivity contribution in [1.82, 2.24) is 15.4 Å². The van der Waals surface area contributed by atoms with E-state index in [0.29, 0.717) is 42.9 Å². The number of amides is 2. The summed E-state index contributed by atoms with van der Waals surface area (Å²) in [5.74, 6) is 0.382. The van der Waals surface area contributed by atoms with Crippen LogP contribution < -0.4 is 5.32 Å². The van der Waals surface area contributed by atoms with Gasteiger partial charge in [0, 0.05) is 19.1 Å². The van der Waals surface area contributed by atoms with Crippen molar-refractivity contribution in [1.29, 1.82) is 0 Å². The van der Waals surface area contributed by atoms with Crippen molar-refractivity contribution in [2.24, 2.45) is 5.41 Å². The highest BCUT2D eigenvalue weighted by molar-refractivity contribution is 5.97. The molecule has 1 fully saturated rings. The number of nitrogens with one attached hydrogen (secondary N) is 1. The Balaban J connectivity index is 1.68. The number of carbonyl (C=O) groups is 2. The molecule has 2 amide bonds. The van der Waals surface area contributed by atoms with Gasteiger partial charge in [0.1, 0.15) is 11.3 Å². The Labute approximate surface area is 195 Å². The van der Waals surface area contributed by atoms with Gasteiger partial charge in [0.2, 0.25) is 5.91 Å². The molecule has 1 N–H and O–H groups in total. The molecule has 33 heavy (non-hydrogen) atoms. The number of benzene rings is 2. The molecule has 1 atom stereocenters. The average molecular weight is 446 g/mol. The number of aromatic nitrogens is 1. The predicted octanol–water partition coefficient (Wildman–Crippen LogP) is 4.56. The zero-order valence-corrected chi connectivity index (χ0v) is 19.7. The fraction of sp³-hybridized carbons (Fsp3) is 0.370. The van der Waals surface area contributed by atoms with Gasteiger partial charge >= 0.3 is 0 Å². The minimum Gasteiger partial charge on any atom is -0.361 e. The van der Waals surface area contributed by atoms with Crippen LogP contribution in [0.15, 0.2) is 59.1 Å². The lowest BCUT2D eigenvalue weighted by Gasteiger charge is -2.30. The predicted molar refractivity (Wildman–Crippen MR) is 128 cm³/mol. The molecule has 6 nitrogen and oxygen atoms in total. The van der Waals surface area contributed by atoms with Crippen LogP contribution >= 0.6 is 0 Å². The van der Waals surface area contributed by atoms with E-state index >= 15 is 0 Å². The smallest absolute Gasteiger partial charge is 0.259 e. The monoisotopic (exact) mass is 445 g/mol. The van der Waals surface area contributed by atoms with E-state index < -0.39 is 5.41 Å². The number of rotatable bonds is 6. The molecular weight excluding hydrogens is 414 g/mol. The van der Waals surface area contributed by atoms with Gasteiger partial charge in [0.25, 0.3) is 5.91 Å². The summed E-state index contributed by atoms with van der Waals surface area (Å²) in [7, 11) is 0. The Kier molecular flexibility index (Phi) is 6.36. The standard InChI is InChI=1S/C27H31N3O3/c1-18(2)28-26(32)27(14-15-30(17-27)25(31)24-19(3)29-33-20(24)4)16-22-12-8-9-13-23(22)21-10-6-5-7-11-21/h5-13,18H,14-17H2,1-4H3,(H,28,32)/t27-/m1/s1. The molecule has 6 heteroatoms. The van der Waals surface area contributed by atoms with Gasteiger partial charge in [-0.3, -0.25) is 9.59 Å². The maximum atomic E-state index is 13.5. The van der Waals surface area contributed by atoms with Gasteiger partial charge in [0.15, 0.2) is 0 Å². The molecule has 172 valence electrons. The number of hydrogen-bond acceptors (Lipinski definition) is 4. The molecule has 2 heterocycles. The highest BCUT2D eigenvalue weighted by Crippen LogP contribution is 2.38. The van der Waals surface area contributed by atoms with Crippen LogP contribution in [-0.2, 0) is 11.2 Å². The molecule has 1 aliphatic rings. The third kappa shape index (κ3) is 4.56. The van der Waals surface area contributed by atoms with Gasteiger partial charge in [-0.05, 0) is 57.2 Å². The average Bonchev–Trinajstić information content (AvgIpc) is 3.38. The van der Waals surface area contributed by atoms with Gasteiger partial charge in [-0.2, -0.15) is 0 Å². The first-order valence-corrected chi connectivity index (χ1v) is 11.5. The number of hydrogen-bond donors (Lipinski definition) is 1. The third-order valence-corrected chi connectivity index (χ3v) is 6.42. The third-order valence-electron chi connectivity index (χ3n) is 6.42. The van der Waals surface area contributed by atoms with Crippen LogP contribution in [0.5, 0.6) is 0 Å². The first-order valence-electron chi connectivity index (χ1n) is 11.5. The maximum Gasteiger partial charge on any atom is 0.259 e. The van der Waals surface area contributed by atoms with Crippen LogP contribution in [0.25, 0.3) is 11.1 Å². The van der Waals surface area contributed by atoms with E-state index in [1.165, 1.54) is 0 Å². The summed E-state index contributed by atoms with van der Waals surface area (Å²) in [6.07, 6.45) is 1.16. The minimum atomic E-state index is -0.705. The molecule has 2 aromatic carbocycles. The second-order valence-electron chi connectivity index (χ2n) is 9.28. The summed E-state index contributed by atoms with van der Waals surface area (Å²) < 4.78 is 5.21. The van der Waals surface area contributed by atoms with Gasteiger partial charge in [-0.25, -0.2) is 0 Å². The summed E-state index contributed by atoms with van der Waals surface area (Å²) in [6, 6.07) is 18.5. The summed E-state index contributed by atoms with van der Waals surface area (Å²) >= 11 is 0. The fourth-order valence-corrected chi connectivity index (χ4v) is 4.76. The van der Waals surface area contributed by atoms with Crippen molar-refractivity contribution in [3.63, 3.8) is 0 Å². The number of nitrogens with zero attached hydrogens (tertiary/aromatic N) is 2. The lowest BCUT2D eigenvalue weighted by molar-refractivity contribution is -0.130. The van der Waals surface area contributed by atoms with Crippen LogP contribution in [0.2, 0.25) is 0 Å². The van der Waals surface area contributed by atoms with Crippen molar-refractivity contribution in [3.05, 3.63) is 77.2 Å². The largest absolute Gasteiger partial charge is 0.361 e. The van der Waals surface area contributed by atoms with E-state index in [0.717, 1.165) is 16.7 Å². The van der Waals surface area contributed by atoms with Crippen molar-refractivity contribution < 1.29 is 14.1 Å². The molecule has 1 saturated heterocycles. The molecule has 0 bridgehead atoms. The first kappa shape index (κ1) is 22.8. The highest BCUT2D eigenvalue weighted by Gasteiger charge is 2.47. The molecule has 0 aliphatic carbocycles. The number of likely N-dealkylation sites (tertiary alicyclic amines) is 1. The lowest BCUT2D eigenvalue weighted by atomic mass is 9.78. The summed E-state index contributed by atoms with van der Waals surface area (Å²) in [5.41, 5.74) is 3.72. The van der Waals surface area contributed by atoms with Crippen LogP contribution in [0.4, 0.5) is 0 Å². The minimum absolute atomic E-state index is 0.00516. The Hall–Kier alpha value is -3.41. The molecule has 3 aromatic rings. The van der Waals surface area contributed by atoms with Crippen LogP contribution in [0, 0.1) is 19.3 Å². The normalized spacial score (nSPS) is 18.0. The molecule has 4 rings (SSSR count). The van der Waals surface area contributed by atoms with E-state index in [1.807, 2.05) is 44.2 Å². The van der Waals surface area contributed by atoms with E-state index in [9.17, 15) is 9.59 Å². The number of aryl methyl sites for hydroxylation is 2. The molecule has 0 radical (unpaired) electrons. The Morgan fingerprint density at radius 2 is 1.79 bits per heavy atom. The first-order chi connectivity index (χ1) is 15.8. The molecule has 0 spiro atoms. The SMILES string of the molecule is Cc1noc(C)c1C(=O)N1CC[C@](Cc2ccccc2-c2ccccc2)(C(=O)NC(C)C)C1. The second-order valence-corrected chi connectivity index (χ2v) is 9.28. The van der Waals surface area contributed by atoms with E-state index in [1.54, 1.807) is 18.7 Å². The highest BCUT2D eigenvalue weighted by atomic mass is 16.5. The van der Waals surface area contributed by atoms with Gasteiger partial charge < -0.3 is 14.7 Å². The Morgan fingerprint density at radius 1 is 1.09 bits per heavy atom. The van der Waals surface area contributed by atoms with Gasteiger partial charge in [0.05, 0.1) is 11.1 Å². The zero-order valence-electron chi connectivity index (χ0n) is 19.7. The van der Waals surface area contributed by atoms with Crippen molar-refractivity contribution in [2.45, 2.75) is 46.6 Å². The summed E-state index contributed by atoms with van der Waals surface area (Å²) in [5, 5.41) is 7.04. The fourth-order valence-electron chi connectivity index (χ4n) is 4.76. The topological polar surface area (TPSA) is 75.4 Å². The summed E-state index contributed by atoms with van der Waals surface area (Å²) in [4.78, 5) is 28.6. The molecule has 1 aromatic heterocycles. The zero-order chi connectivity index (χ0) is 23.6. The molecule has 1 aliphatic heterocycles. The molecule has 0 saturated carbocycles. The van der Waals surface area contributed by atoms with Crippen LogP contribution in [-0.4, -0.2) is 41.0 Å². The Morgan fingerprint density at radius 3 is 2.45 bits per heavy atom. The maximum absolute atomic E-state index is 13.5. The Bertz CT molecular complexity index is 1130.